The summed E-state index contributed by atoms with van der Waals surface area (Å²) in [6, 6.07) is 0.567. The van der Waals surface area contributed by atoms with Crippen molar-refractivity contribution in [2.24, 2.45) is 5.41 Å². The van der Waals surface area contributed by atoms with Crippen LogP contribution in [0.25, 0.3) is 0 Å². The highest BCUT2D eigenvalue weighted by atomic mass is 15.0. The van der Waals surface area contributed by atoms with Gasteiger partial charge in [0.15, 0.2) is 0 Å². The highest BCUT2D eigenvalue weighted by Crippen LogP contribution is 2.36. The van der Waals surface area contributed by atoms with E-state index in [1.165, 1.54) is 25.7 Å². The number of rotatable bonds is 2. The van der Waals surface area contributed by atoms with Gasteiger partial charge in [-0.15, -0.1) is 0 Å². The third-order valence-corrected chi connectivity index (χ3v) is 3.76. The summed E-state index contributed by atoms with van der Waals surface area (Å²) in [5.41, 5.74) is 2.50. The molecule has 3 heteroatoms. The summed E-state index contributed by atoms with van der Waals surface area (Å²) in [4.78, 5) is 8.88. The van der Waals surface area contributed by atoms with Gasteiger partial charge in [-0.1, -0.05) is 13.8 Å². The number of aromatic nitrogens is 2. The van der Waals surface area contributed by atoms with Crippen molar-refractivity contribution in [1.29, 1.82) is 0 Å². The molecule has 0 aliphatic heterocycles. The first-order valence-electron chi connectivity index (χ1n) is 6.53. The van der Waals surface area contributed by atoms with Crippen molar-refractivity contribution in [3.05, 3.63) is 17.6 Å². The number of hydrogen-bond acceptors (Lipinski definition) is 3. The minimum atomic E-state index is 0.519. The zero-order valence-electron chi connectivity index (χ0n) is 11.4. The van der Waals surface area contributed by atoms with Gasteiger partial charge in [0.05, 0.1) is 11.4 Å². The Bertz CT molecular complexity index is 388. The van der Waals surface area contributed by atoms with Gasteiger partial charge < -0.3 is 5.32 Å². The van der Waals surface area contributed by atoms with Crippen molar-refractivity contribution in [3.63, 3.8) is 0 Å². The summed E-state index contributed by atoms with van der Waals surface area (Å²) < 4.78 is 0. The van der Waals surface area contributed by atoms with E-state index in [1.807, 2.05) is 20.0 Å². The van der Waals surface area contributed by atoms with Crippen LogP contribution in [-0.4, -0.2) is 16.0 Å². The molecule has 0 unspecified atom stereocenters. The predicted molar refractivity (Wildman–Crippen MR) is 71.2 cm³/mol. The monoisotopic (exact) mass is 233 g/mol. The average molecular weight is 233 g/mol. The highest BCUT2D eigenvalue weighted by Gasteiger charge is 2.27. The van der Waals surface area contributed by atoms with Gasteiger partial charge in [0.1, 0.15) is 5.82 Å². The van der Waals surface area contributed by atoms with Crippen LogP contribution in [0, 0.1) is 19.3 Å². The molecule has 2 rings (SSSR count). The van der Waals surface area contributed by atoms with E-state index in [9.17, 15) is 0 Å². The fourth-order valence-corrected chi connectivity index (χ4v) is 2.41. The Balaban J connectivity index is 2.00. The van der Waals surface area contributed by atoms with E-state index < -0.39 is 0 Å². The van der Waals surface area contributed by atoms with Crippen LogP contribution < -0.4 is 5.32 Å². The van der Waals surface area contributed by atoms with Crippen LogP contribution in [0.15, 0.2) is 6.20 Å². The first-order valence-corrected chi connectivity index (χ1v) is 6.53. The van der Waals surface area contributed by atoms with E-state index >= 15 is 0 Å². The van der Waals surface area contributed by atoms with Crippen LogP contribution in [-0.2, 0) is 0 Å². The van der Waals surface area contributed by atoms with Crippen LogP contribution in [0.5, 0.6) is 0 Å². The van der Waals surface area contributed by atoms with E-state index in [0.29, 0.717) is 11.5 Å². The molecule has 0 bridgehead atoms. The molecule has 1 fully saturated rings. The summed E-state index contributed by atoms with van der Waals surface area (Å²) in [7, 11) is 0. The number of nitrogens with one attached hydrogen (secondary N) is 1. The second-order valence-electron chi connectivity index (χ2n) is 6.03. The van der Waals surface area contributed by atoms with Gasteiger partial charge >= 0.3 is 0 Å². The van der Waals surface area contributed by atoms with Crippen LogP contribution in [0.4, 0.5) is 5.82 Å². The molecule has 1 saturated carbocycles. The number of anilines is 1. The molecule has 1 heterocycles. The van der Waals surface area contributed by atoms with Crippen molar-refractivity contribution < 1.29 is 0 Å². The number of aryl methyl sites for hydroxylation is 2. The molecule has 0 amide bonds. The van der Waals surface area contributed by atoms with Gasteiger partial charge in [0.25, 0.3) is 0 Å². The second kappa shape index (κ2) is 4.63. The smallest absolute Gasteiger partial charge is 0.147 e. The molecule has 3 nitrogen and oxygen atoms in total. The van der Waals surface area contributed by atoms with Gasteiger partial charge in [-0.05, 0) is 44.9 Å². The summed E-state index contributed by atoms with van der Waals surface area (Å²) in [6.45, 7) is 8.73. The summed E-state index contributed by atoms with van der Waals surface area (Å²) in [5.74, 6) is 0.967. The maximum absolute atomic E-state index is 4.53. The Kier molecular flexibility index (Phi) is 3.36. The normalized spacial score (nSPS) is 20.2. The lowest BCUT2D eigenvalue weighted by Crippen LogP contribution is -2.30. The quantitative estimate of drug-likeness (QED) is 0.850. The fourth-order valence-electron chi connectivity index (χ4n) is 2.41. The van der Waals surface area contributed by atoms with Gasteiger partial charge in [-0.3, -0.25) is 4.98 Å². The molecule has 94 valence electrons. The van der Waals surface area contributed by atoms with Crippen LogP contribution in [0.1, 0.15) is 50.9 Å². The van der Waals surface area contributed by atoms with Gasteiger partial charge in [0, 0.05) is 12.2 Å². The lowest BCUT2D eigenvalue weighted by molar-refractivity contribution is 0.232. The third kappa shape index (κ3) is 3.18. The first kappa shape index (κ1) is 12.3. The largest absolute Gasteiger partial charge is 0.366 e. The maximum Gasteiger partial charge on any atom is 0.147 e. The minimum absolute atomic E-state index is 0.519. The van der Waals surface area contributed by atoms with E-state index in [-0.39, 0.29) is 0 Å². The minimum Gasteiger partial charge on any atom is -0.366 e. The molecule has 1 aromatic heterocycles. The van der Waals surface area contributed by atoms with Crippen molar-refractivity contribution in [1.82, 2.24) is 9.97 Å². The van der Waals surface area contributed by atoms with Crippen molar-refractivity contribution >= 4 is 5.82 Å². The third-order valence-electron chi connectivity index (χ3n) is 3.76. The molecular formula is C14H23N3. The van der Waals surface area contributed by atoms with Crippen LogP contribution >= 0.6 is 0 Å². The zero-order chi connectivity index (χ0) is 12.5. The molecule has 1 aromatic rings. The van der Waals surface area contributed by atoms with E-state index in [4.69, 9.17) is 0 Å². The molecule has 1 aliphatic rings. The van der Waals surface area contributed by atoms with Crippen molar-refractivity contribution in [2.75, 3.05) is 5.32 Å². The molecule has 1 N–H and O–H groups in total. The standard InChI is InChI=1S/C14H23N3/c1-10-9-15-11(2)13(16-10)17-12-5-7-14(3,4)8-6-12/h9,12H,5-8H2,1-4H3,(H,16,17). The van der Waals surface area contributed by atoms with E-state index in [2.05, 4.69) is 29.1 Å². The Morgan fingerprint density at radius 3 is 2.53 bits per heavy atom. The van der Waals surface area contributed by atoms with Gasteiger partial charge in [-0.2, -0.15) is 0 Å². The van der Waals surface area contributed by atoms with Crippen LogP contribution in [0.2, 0.25) is 0 Å². The fraction of sp³-hybridized carbons (Fsp3) is 0.714. The van der Waals surface area contributed by atoms with E-state index in [1.54, 1.807) is 0 Å². The molecule has 0 aromatic carbocycles. The van der Waals surface area contributed by atoms with Crippen molar-refractivity contribution in [2.45, 2.75) is 59.4 Å². The predicted octanol–water partition coefficient (Wildman–Crippen LogP) is 3.47. The summed E-state index contributed by atoms with van der Waals surface area (Å²) in [6.07, 6.45) is 6.89. The lowest BCUT2D eigenvalue weighted by atomic mass is 9.75. The lowest BCUT2D eigenvalue weighted by Gasteiger charge is -2.35. The summed E-state index contributed by atoms with van der Waals surface area (Å²) in [5, 5.41) is 3.55. The second-order valence-corrected chi connectivity index (χ2v) is 6.03. The Morgan fingerprint density at radius 2 is 1.88 bits per heavy atom. The molecule has 0 spiro atoms. The SMILES string of the molecule is Cc1cnc(C)c(NC2CCC(C)(C)CC2)n1. The zero-order valence-corrected chi connectivity index (χ0v) is 11.4. The van der Waals surface area contributed by atoms with Gasteiger partial charge in [-0.25, -0.2) is 4.98 Å². The molecular weight excluding hydrogens is 210 g/mol. The molecule has 0 atom stereocenters. The Morgan fingerprint density at radius 1 is 1.24 bits per heavy atom. The summed E-state index contributed by atoms with van der Waals surface area (Å²) >= 11 is 0. The first-order chi connectivity index (χ1) is 7.96. The molecule has 17 heavy (non-hydrogen) atoms. The highest BCUT2D eigenvalue weighted by molar-refractivity contribution is 5.40. The maximum atomic E-state index is 4.53. The molecule has 0 radical (unpaired) electrons. The Labute approximate surface area is 104 Å². The molecule has 1 aliphatic carbocycles. The Hall–Kier alpha value is -1.12. The average Bonchev–Trinajstić information content (AvgIpc) is 2.26. The molecule has 0 saturated heterocycles. The number of nitrogens with zero attached hydrogens (tertiary/aromatic N) is 2. The van der Waals surface area contributed by atoms with E-state index in [0.717, 1.165) is 17.2 Å². The number of hydrogen-bond donors (Lipinski definition) is 1. The van der Waals surface area contributed by atoms with Crippen molar-refractivity contribution in [3.8, 4) is 0 Å². The topological polar surface area (TPSA) is 37.8 Å². The van der Waals surface area contributed by atoms with Gasteiger partial charge in [0.2, 0.25) is 0 Å². The van der Waals surface area contributed by atoms with Crippen LogP contribution in [0.3, 0.4) is 0 Å².